The van der Waals surface area contributed by atoms with Crippen LogP contribution in [-0.4, -0.2) is 17.6 Å². The first-order chi connectivity index (χ1) is 12.2. The van der Waals surface area contributed by atoms with E-state index in [4.69, 9.17) is 11.6 Å². The van der Waals surface area contributed by atoms with Crippen molar-refractivity contribution in [2.45, 2.75) is 11.4 Å². The number of carboxylic acids is 1. The normalized spacial score (nSPS) is 12.5. The molecule has 0 bridgehead atoms. The summed E-state index contributed by atoms with van der Waals surface area (Å²) in [5.74, 6) is -2.33. The largest absolute Gasteiger partial charge is 0.549 e. The second-order valence-electron chi connectivity index (χ2n) is 5.18. The maximum Gasteiger partial charge on any atom is 0.416 e. The summed E-state index contributed by atoms with van der Waals surface area (Å²) in [5.41, 5.74) is -0.169. The summed E-state index contributed by atoms with van der Waals surface area (Å²) in [5, 5.41) is 12.7. The van der Waals surface area contributed by atoms with Gasteiger partial charge in [-0.2, -0.15) is 13.2 Å². The Morgan fingerprint density at radius 2 is 1.65 bits per heavy atom. The van der Waals surface area contributed by atoms with Gasteiger partial charge in [-0.15, -0.1) is 11.8 Å². The van der Waals surface area contributed by atoms with Crippen molar-refractivity contribution in [1.82, 2.24) is 0 Å². The molecule has 1 N–H and O–H groups in total. The number of hydrogen-bond acceptors (Lipinski definition) is 4. The van der Waals surface area contributed by atoms with Gasteiger partial charge < -0.3 is 15.2 Å². The average Bonchev–Trinajstić information content (AvgIpc) is 2.56. The number of carbonyl (C=O) groups is 2. The molecule has 0 fully saturated rings. The molecule has 0 aliphatic rings. The Hall–Kier alpha value is -2.19. The molecule has 0 aromatic heterocycles. The van der Waals surface area contributed by atoms with Crippen LogP contribution < -0.4 is 10.4 Å². The van der Waals surface area contributed by atoms with Crippen LogP contribution in [0.4, 0.5) is 18.9 Å². The van der Waals surface area contributed by atoms with E-state index in [9.17, 15) is 27.9 Å². The number of nitrogens with one attached hydrogen (secondary N) is 1. The van der Waals surface area contributed by atoms with Gasteiger partial charge in [0.25, 0.3) is 0 Å². The highest BCUT2D eigenvalue weighted by molar-refractivity contribution is 8.00. The minimum atomic E-state index is -4.47. The van der Waals surface area contributed by atoms with E-state index < -0.39 is 34.6 Å². The number of anilines is 1. The summed E-state index contributed by atoms with van der Waals surface area (Å²) in [7, 11) is 0. The number of hydrogen-bond donors (Lipinski definition) is 1. The van der Waals surface area contributed by atoms with Crippen molar-refractivity contribution in [3.63, 3.8) is 0 Å². The molecule has 0 radical (unpaired) electrons. The molecule has 2 aromatic carbocycles. The number of rotatable bonds is 6. The molecule has 4 nitrogen and oxygen atoms in total. The third kappa shape index (κ3) is 5.67. The van der Waals surface area contributed by atoms with Gasteiger partial charge in [0.1, 0.15) is 5.25 Å². The summed E-state index contributed by atoms with van der Waals surface area (Å²) in [6, 6.07) is 10.2. The quantitative estimate of drug-likeness (QED) is 0.802. The molecular weight excluding hydrogens is 391 g/mol. The van der Waals surface area contributed by atoms with E-state index in [1.165, 1.54) is 0 Å². The molecule has 1 amide bonds. The van der Waals surface area contributed by atoms with Crippen LogP contribution in [0.3, 0.4) is 0 Å². The molecule has 0 heterocycles. The third-order valence-electron chi connectivity index (χ3n) is 3.26. The van der Waals surface area contributed by atoms with Crippen LogP contribution >= 0.6 is 23.4 Å². The van der Waals surface area contributed by atoms with Crippen LogP contribution in [0, 0.1) is 0 Å². The molecule has 0 aliphatic carbocycles. The van der Waals surface area contributed by atoms with Crippen molar-refractivity contribution in [2.24, 2.45) is 0 Å². The van der Waals surface area contributed by atoms with E-state index in [0.717, 1.165) is 36.0 Å². The van der Waals surface area contributed by atoms with Gasteiger partial charge in [0, 0.05) is 16.5 Å². The van der Waals surface area contributed by atoms with Gasteiger partial charge >= 0.3 is 6.18 Å². The highest BCUT2D eigenvalue weighted by Gasteiger charge is 2.30. The first-order valence-corrected chi connectivity index (χ1v) is 8.64. The van der Waals surface area contributed by atoms with Gasteiger partial charge in [-0.1, -0.05) is 23.7 Å². The standard InChI is InChI=1S/C17H13ClF3NO3S/c18-12-5-1-10(2-6-12)15(26-9-14(23)24)16(25)22-13-7-3-11(4-8-13)17(19,20)21/h1-8,15H,9H2,(H,22,25)(H,23,24)/p-1/t15-/m0/s1. The molecule has 0 spiro atoms. The molecule has 2 rings (SSSR count). The Morgan fingerprint density at radius 1 is 1.08 bits per heavy atom. The van der Waals surface area contributed by atoms with Gasteiger partial charge in [-0.05, 0) is 42.0 Å². The highest BCUT2D eigenvalue weighted by atomic mass is 35.5. The lowest BCUT2D eigenvalue weighted by molar-refractivity contribution is -0.301. The number of halogens is 4. The molecule has 26 heavy (non-hydrogen) atoms. The van der Waals surface area contributed by atoms with Crippen molar-refractivity contribution in [3.8, 4) is 0 Å². The zero-order valence-corrected chi connectivity index (χ0v) is 14.6. The Balaban J connectivity index is 2.17. The van der Waals surface area contributed by atoms with Crippen LogP contribution in [-0.2, 0) is 15.8 Å². The minimum absolute atomic E-state index is 0.163. The lowest BCUT2D eigenvalue weighted by atomic mass is 10.1. The van der Waals surface area contributed by atoms with Crippen molar-refractivity contribution >= 4 is 40.9 Å². The minimum Gasteiger partial charge on any atom is -0.549 e. The van der Waals surface area contributed by atoms with Crippen LogP contribution in [0.1, 0.15) is 16.4 Å². The molecule has 0 unspecified atom stereocenters. The summed E-state index contributed by atoms with van der Waals surface area (Å²) in [6.07, 6.45) is -4.47. The van der Waals surface area contributed by atoms with Gasteiger partial charge in [-0.25, -0.2) is 0 Å². The first kappa shape index (κ1) is 20.1. The van der Waals surface area contributed by atoms with E-state index >= 15 is 0 Å². The zero-order chi connectivity index (χ0) is 19.3. The SMILES string of the molecule is O=C([O-])CS[C@H](C(=O)Nc1ccc(C(F)(F)F)cc1)c1ccc(Cl)cc1. The fraction of sp³-hybridized carbons (Fsp3) is 0.176. The number of alkyl halides is 3. The van der Waals surface area contributed by atoms with Crippen LogP contribution in [0.2, 0.25) is 5.02 Å². The first-order valence-electron chi connectivity index (χ1n) is 7.22. The molecule has 0 aliphatic heterocycles. The fourth-order valence-electron chi connectivity index (χ4n) is 2.06. The maximum absolute atomic E-state index is 12.6. The zero-order valence-electron chi connectivity index (χ0n) is 13.0. The van der Waals surface area contributed by atoms with Crippen molar-refractivity contribution in [2.75, 3.05) is 11.1 Å². The lowest BCUT2D eigenvalue weighted by Gasteiger charge is -2.18. The molecule has 0 saturated carbocycles. The summed E-state index contributed by atoms with van der Waals surface area (Å²) in [4.78, 5) is 23.2. The topological polar surface area (TPSA) is 69.2 Å². The van der Waals surface area contributed by atoms with Gasteiger partial charge in [0.15, 0.2) is 0 Å². The Labute approximate surface area is 156 Å². The summed E-state index contributed by atoms with van der Waals surface area (Å²) >= 11 is 6.63. The smallest absolute Gasteiger partial charge is 0.416 e. The monoisotopic (exact) mass is 402 g/mol. The summed E-state index contributed by atoms with van der Waals surface area (Å²) in [6.45, 7) is 0. The number of carbonyl (C=O) groups excluding carboxylic acids is 2. The van der Waals surface area contributed by atoms with Gasteiger partial charge in [-0.3, -0.25) is 4.79 Å². The van der Waals surface area contributed by atoms with Crippen LogP contribution in [0.15, 0.2) is 48.5 Å². The van der Waals surface area contributed by atoms with Crippen molar-refractivity contribution in [1.29, 1.82) is 0 Å². The highest BCUT2D eigenvalue weighted by Crippen LogP contribution is 2.32. The van der Waals surface area contributed by atoms with E-state index in [0.29, 0.717) is 10.6 Å². The van der Waals surface area contributed by atoms with E-state index in [1.807, 2.05) is 0 Å². The Bertz CT molecular complexity index is 779. The molecule has 0 saturated heterocycles. The van der Waals surface area contributed by atoms with Crippen molar-refractivity contribution < 1.29 is 27.9 Å². The van der Waals surface area contributed by atoms with Crippen LogP contribution in [0.5, 0.6) is 0 Å². The van der Waals surface area contributed by atoms with Crippen molar-refractivity contribution in [3.05, 3.63) is 64.7 Å². The van der Waals surface area contributed by atoms with Gasteiger partial charge in [0.05, 0.1) is 11.5 Å². The van der Waals surface area contributed by atoms with E-state index in [2.05, 4.69) is 5.32 Å². The number of amides is 1. The Morgan fingerprint density at radius 3 is 2.15 bits per heavy atom. The number of carboxylic acid groups (broad SMARTS) is 1. The molecule has 138 valence electrons. The second kappa shape index (κ2) is 8.46. The van der Waals surface area contributed by atoms with Gasteiger partial charge in [0.2, 0.25) is 5.91 Å². The molecule has 1 atom stereocenters. The molecule has 2 aromatic rings. The molecular formula is C17H12ClF3NO3S-. The predicted octanol–water partition coefficient (Wildman–Crippen LogP) is 3.52. The van der Waals surface area contributed by atoms with Crippen LogP contribution in [0.25, 0.3) is 0 Å². The number of benzene rings is 2. The van der Waals surface area contributed by atoms with E-state index in [1.54, 1.807) is 24.3 Å². The number of thioether (sulfide) groups is 1. The third-order valence-corrected chi connectivity index (χ3v) is 4.73. The van der Waals surface area contributed by atoms with E-state index in [-0.39, 0.29) is 5.69 Å². The molecule has 9 heteroatoms. The number of aliphatic carboxylic acids is 1. The predicted molar refractivity (Wildman–Crippen MR) is 91.7 cm³/mol. The average molecular weight is 403 g/mol. The second-order valence-corrected chi connectivity index (χ2v) is 6.71. The Kier molecular flexibility index (Phi) is 6.55. The maximum atomic E-state index is 12.6. The lowest BCUT2D eigenvalue weighted by Crippen LogP contribution is -2.27. The summed E-state index contributed by atoms with van der Waals surface area (Å²) < 4.78 is 37.7. The fourth-order valence-corrected chi connectivity index (χ4v) is 3.05.